The SMILES string of the molecule is O=C(C1CCCCN1)N1Cc2ccccc2C(c2ccccc2)C1. The Bertz CT molecular complexity index is 707. The summed E-state index contributed by atoms with van der Waals surface area (Å²) in [6, 6.07) is 19.1. The highest BCUT2D eigenvalue weighted by atomic mass is 16.2. The number of carbonyl (C=O) groups is 1. The van der Waals surface area contributed by atoms with E-state index in [1.165, 1.54) is 23.1 Å². The smallest absolute Gasteiger partial charge is 0.240 e. The Kier molecular flexibility index (Phi) is 4.35. The third-order valence-electron chi connectivity index (χ3n) is 5.32. The normalized spacial score (nSPS) is 23.6. The zero-order valence-corrected chi connectivity index (χ0v) is 13.9. The first-order valence-corrected chi connectivity index (χ1v) is 8.98. The van der Waals surface area contributed by atoms with Gasteiger partial charge >= 0.3 is 0 Å². The van der Waals surface area contributed by atoms with Gasteiger partial charge < -0.3 is 10.2 Å². The van der Waals surface area contributed by atoms with Crippen LogP contribution in [0.2, 0.25) is 0 Å². The second-order valence-electron chi connectivity index (χ2n) is 6.88. The predicted octanol–water partition coefficient (Wildman–Crippen LogP) is 3.30. The molecule has 0 spiro atoms. The van der Waals surface area contributed by atoms with E-state index >= 15 is 0 Å². The van der Waals surface area contributed by atoms with Gasteiger partial charge in [0.15, 0.2) is 0 Å². The zero-order valence-electron chi connectivity index (χ0n) is 13.9. The quantitative estimate of drug-likeness (QED) is 0.921. The molecule has 2 atom stereocenters. The van der Waals surface area contributed by atoms with Crippen LogP contribution in [0.15, 0.2) is 54.6 Å². The van der Waals surface area contributed by atoms with Crippen LogP contribution in [0.5, 0.6) is 0 Å². The van der Waals surface area contributed by atoms with Crippen LogP contribution in [0, 0.1) is 0 Å². The summed E-state index contributed by atoms with van der Waals surface area (Å²) in [5.41, 5.74) is 3.94. The lowest BCUT2D eigenvalue weighted by molar-refractivity contribution is -0.135. The average molecular weight is 320 g/mol. The first-order chi connectivity index (χ1) is 11.8. The van der Waals surface area contributed by atoms with E-state index in [2.05, 4.69) is 58.7 Å². The number of hydrogen-bond donors (Lipinski definition) is 1. The van der Waals surface area contributed by atoms with Crippen molar-refractivity contribution in [3.63, 3.8) is 0 Å². The standard InChI is InChI=1S/C21H24N2O/c24-21(20-12-6-7-13-22-20)23-14-17-10-4-5-11-18(17)19(15-23)16-8-2-1-3-9-16/h1-5,8-11,19-20,22H,6-7,12-15H2. The molecule has 3 heteroatoms. The minimum absolute atomic E-state index is 0.000403. The maximum atomic E-state index is 13.0. The van der Waals surface area contributed by atoms with Crippen LogP contribution in [-0.4, -0.2) is 29.9 Å². The number of hydrogen-bond acceptors (Lipinski definition) is 2. The Balaban J connectivity index is 1.64. The van der Waals surface area contributed by atoms with Crippen LogP contribution in [0.4, 0.5) is 0 Å². The lowest BCUT2D eigenvalue weighted by atomic mass is 9.84. The molecular weight excluding hydrogens is 296 g/mol. The highest BCUT2D eigenvalue weighted by molar-refractivity contribution is 5.82. The summed E-state index contributed by atoms with van der Waals surface area (Å²) in [5.74, 6) is 0.536. The molecule has 2 unspecified atom stereocenters. The molecule has 0 aromatic heterocycles. The molecule has 1 saturated heterocycles. The van der Waals surface area contributed by atoms with Crippen molar-refractivity contribution in [2.75, 3.05) is 13.1 Å². The summed E-state index contributed by atoms with van der Waals surface area (Å²) >= 11 is 0. The van der Waals surface area contributed by atoms with E-state index in [1.54, 1.807) is 0 Å². The summed E-state index contributed by atoms with van der Waals surface area (Å²) in [4.78, 5) is 15.1. The minimum Gasteiger partial charge on any atom is -0.336 e. The van der Waals surface area contributed by atoms with Crippen LogP contribution in [-0.2, 0) is 11.3 Å². The molecule has 2 aliphatic rings. The molecule has 1 N–H and O–H groups in total. The number of fused-ring (bicyclic) bond motifs is 1. The second-order valence-corrected chi connectivity index (χ2v) is 6.88. The summed E-state index contributed by atoms with van der Waals surface area (Å²) in [5, 5.41) is 3.40. The number of amides is 1. The lowest BCUT2D eigenvalue weighted by Gasteiger charge is -2.37. The fourth-order valence-electron chi connectivity index (χ4n) is 4.03. The summed E-state index contributed by atoms with van der Waals surface area (Å²) < 4.78 is 0. The Morgan fingerprint density at radius 1 is 1.00 bits per heavy atom. The van der Waals surface area contributed by atoms with Crippen LogP contribution in [0.25, 0.3) is 0 Å². The molecule has 2 aromatic rings. The van der Waals surface area contributed by atoms with Gasteiger partial charge in [-0.25, -0.2) is 0 Å². The van der Waals surface area contributed by atoms with E-state index < -0.39 is 0 Å². The monoisotopic (exact) mass is 320 g/mol. The highest BCUT2D eigenvalue weighted by Gasteiger charge is 2.32. The maximum absolute atomic E-state index is 13.0. The van der Waals surface area contributed by atoms with Gasteiger partial charge in [0, 0.05) is 19.0 Å². The molecule has 24 heavy (non-hydrogen) atoms. The van der Waals surface area contributed by atoms with Gasteiger partial charge in [-0.05, 0) is 36.1 Å². The predicted molar refractivity (Wildman–Crippen MR) is 95.8 cm³/mol. The Hall–Kier alpha value is -2.13. The van der Waals surface area contributed by atoms with Gasteiger partial charge in [-0.3, -0.25) is 4.79 Å². The van der Waals surface area contributed by atoms with Crippen molar-refractivity contribution < 1.29 is 4.79 Å². The zero-order chi connectivity index (χ0) is 16.4. The van der Waals surface area contributed by atoms with Gasteiger partial charge in [-0.15, -0.1) is 0 Å². The van der Waals surface area contributed by atoms with Crippen molar-refractivity contribution in [1.82, 2.24) is 10.2 Å². The van der Waals surface area contributed by atoms with Crippen molar-refractivity contribution in [3.05, 3.63) is 71.3 Å². The number of carbonyl (C=O) groups excluding carboxylic acids is 1. The van der Waals surface area contributed by atoms with Crippen LogP contribution in [0.3, 0.4) is 0 Å². The van der Waals surface area contributed by atoms with Crippen molar-refractivity contribution in [2.24, 2.45) is 0 Å². The molecule has 0 saturated carbocycles. The first kappa shape index (κ1) is 15.4. The van der Waals surface area contributed by atoms with Gasteiger partial charge in [0.2, 0.25) is 5.91 Å². The fraction of sp³-hybridized carbons (Fsp3) is 0.381. The Labute approximate surface area is 143 Å². The van der Waals surface area contributed by atoms with E-state index in [-0.39, 0.29) is 17.9 Å². The van der Waals surface area contributed by atoms with Crippen molar-refractivity contribution >= 4 is 5.91 Å². The van der Waals surface area contributed by atoms with Crippen molar-refractivity contribution in [3.8, 4) is 0 Å². The van der Waals surface area contributed by atoms with E-state index in [0.29, 0.717) is 0 Å². The molecule has 124 valence electrons. The van der Waals surface area contributed by atoms with Crippen LogP contribution < -0.4 is 5.32 Å². The third kappa shape index (κ3) is 2.96. The lowest BCUT2D eigenvalue weighted by Crippen LogP contribution is -2.50. The first-order valence-electron chi connectivity index (χ1n) is 8.98. The Morgan fingerprint density at radius 2 is 1.79 bits per heavy atom. The number of rotatable bonds is 2. The number of nitrogens with one attached hydrogen (secondary N) is 1. The van der Waals surface area contributed by atoms with Crippen molar-refractivity contribution in [1.29, 1.82) is 0 Å². The molecular formula is C21H24N2O. The fourth-order valence-corrected chi connectivity index (χ4v) is 4.03. The van der Waals surface area contributed by atoms with Gasteiger partial charge in [-0.2, -0.15) is 0 Å². The van der Waals surface area contributed by atoms with E-state index in [9.17, 15) is 4.79 Å². The minimum atomic E-state index is 0.000403. The van der Waals surface area contributed by atoms with Crippen LogP contribution >= 0.6 is 0 Å². The van der Waals surface area contributed by atoms with E-state index in [0.717, 1.165) is 32.5 Å². The molecule has 3 nitrogen and oxygen atoms in total. The topological polar surface area (TPSA) is 32.3 Å². The van der Waals surface area contributed by atoms with E-state index in [1.807, 2.05) is 6.07 Å². The Morgan fingerprint density at radius 3 is 2.58 bits per heavy atom. The molecule has 0 aliphatic carbocycles. The van der Waals surface area contributed by atoms with Gasteiger partial charge in [0.1, 0.15) is 0 Å². The molecule has 2 aromatic carbocycles. The van der Waals surface area contributed by atoms with Gasteiger partial charge in [0.05, 0.1) is 6.04 Å². The molecule has 2 heterocycles. The molecule has 2 aliphatic heterocycles. The highest BCUT2D eigenvalue weighted by Crippen LogP contribution is 2.33. The second kappa shape index (κ2) is 6.78. The maximum Gasteiger partial charge on any atom is 0.240 e. The summed E-state index contributed by atoms with van der Waals surface area (Å²) in [7, 11) is 0. The summed E-state index contributed by atoms with van der Waals surface area (Å²) in [6.07, 6.45) is 3.29. The van der Waals surface area contributed by atoms with Crippen molar-refractivity contribution in [2.45, 2.75) is 37.8 Å². The largest absolute Gasteiger partial charge is 0.336 e. The number of piperidine rings is 1. The molecule has 0 bridgehead atoms. The molecule has 4 rings (SSSR count). The average Bonchev–Trinajstić information content (AvgIpc) is 2.68. The van der Waals surface area contributed by atoms with Crippen LogP contribution in [0.1, 0.15) is 41.9 Å². The molecule has 1 amide bonds. The number of nitrogens with zero attached hydrogens (tertiary/aromatic N) is 1. The molecule has 0 radical (unpaired) electrons. The van der Waals surface area contributed by atoms with Gasteiger partial charge in [-0.1, -0.05) is 61.0 Å². The third-order valence-corrected chi connectivity index (χ3v) is 5.32. The molecule has 1 fully saturated rings. The van der Waals surface area contributed by atoms with Gasteiger partial charge in [0.25, 0.3) is 0 Å². The number of benzene rings is 2. The van der Waals surface area contributed by atoms with E-state index in [4.69, 9.17) is 0 Å². The summed E-state index contributed by atoms with van der Waals surface area (Å²) in [6.45, 7) is 2.47.